The van der Waals surface area contributed by atoms with E-state index in [1.54, 1.807) is 0 Å². The van der Waals surface area contributed by atoms with Gasteiger partial charge in [-0.3, -0.25) is 9.79 Å². The van der Waals surface area contributed by atoms with Crippen LogP contribution in [0.15, 0.2) is 29.3 Å². The molecular formula is C20H30FIN4O. The van der Waals surface area contributed by atoms with Gasteiger partial charge in [0.1, 0.15) is 5.82 Å². The minimum Gasteiger partial charge on any atom is -0.357 e. The number of hydrogen-bond donors (Lipinski definition) is 3. The zero-order valence-electron chi connectivity index (χ0n) is 15.9. The van der Waals surface area contributed by atoms with Crippen molar-refractivity contribution in [3.8, 4) is 0 Å². The van der Waals surface area contributed by atoms with Gasteiger partial charge < -0.3 is 16.0 Å². The molecule has 3 N–H and O–H groups in total. The summed E-state index contributed by atoms with van der Waals surface area (Å²) in [6.45, 7) is 4.74. The molecular weight excluding hydrogens is 458 g/mol. The molecule has 0 atom stereocenters. The number of guanidine groups is 1. The van der Waals surface area contributed by atoms with Crippen LogP contribution in [0.1, 0.15) is 44.6 Å². The molecule has 1 aromatic carbocycles. The van der Waals surface area contributed by atoms with Gasteiger partial charge in [-0.1, -0.05) is 18.6 Å². The summed E-state index contributed by atoms with van der Waals surface area (Å²) in [5, 5.41) is 9.48. The average Bonchev–Trinajstić information content (AvgIpc) is 3.44. The van der Waals surface area contributed by atoms with Crippen molar-refractivity contribution in [2.24, 2.45) is 10.9 Å². The van der Waals surface area contributed by atoms with E-state index >= 15 is 0 Å². The van der Waals surface area contributed by atoms with Crippen LogP contribution in [0.4, 0.5) is 4.39 Å². The lowest BCUT2D eigenvalue weighted by Gasteiger charge is -2.41. The van der Waals surface area contributed by atoms with Crippen LogP contribution < -0.4 is 16.0 Å². The molecule has 0 aliphatic heterocycles. The topological polar surface area (TPSA) is 65.5 Å². The molecule has 0 radical (unpaired) electrons. The molecule has 1 aromatic rings. The monoisotopic (exact) mass is 488 g/mol. The number of nitrogens with zero attached hydrogens (tertiary/aromatic N) is 1. The molecule has 0 spiro atoms. The fraction of sp³-hybridized carbons (Fsp3) is 0.600. The number of hydrogen-bond acceptors (Lipinski definition) is 2. The Labute approximate surface area is 178 Å². The van der Waals surface area contributed by atoms with Crippen LogP contribution >= 0.6 is 24.0 Å². The third-order valence-corrected chi connectivity index (χ3v) is 5.32. The first-order valence-corrected chi connectivity index (χ1v) is 9.69. The lowest BCUT2D eigenvalue weighted by Crippen LogP contribution is -2.44. The maximum atomic E-state index is 13.2. The van der Waals surface area contributed by atoms with Crippen LogP contribution in [-0.4, -0.2) is 38.0 Å². The van der Waals surface area contributed by atoms with E-state index in [4.69, 9.17) is 4.99 Å². The molecule has 5 nitrogen and oxygen atoms in total. The second-order valence-electron chi connectivity index (χ2n) is 7.33. The Morgan fingerprint density at radius 3 is 2.37 bits per heavy atom. The molecule has 0 heterocycles. The van der Waals surface area contributed by atoms with Gasteiger partial charge in [-0.15, -0.1) is 24.0 Å². The van der Waals surface area contributed by atoms with Crippen molar-refractivity contribution in [3.63, 3.8) is 0 Å². The van der Waals surface area contributed by atoms with Gasteiger partial charge in [-0.05, 0) is 50.3 Å². The van der Waals surface area contributed by atoms with Crippen molar-refractivity contribution in [2.45, 2.75) is 44.4 Å². The summed E-state index contributed by atoms with van der Waals surface area (Å²) in [6.07, 6.45) is 5.39. The van der Waals surface area contributed by atoms with Crippen LogP contribution in [0.25, 0.3) is 0 Å². The predicted molar refractivity (Wildman–Crippen MR) is 117 cm³/mol. The van der Waals surface area contributed by atoms with Crippen molar-refractivity contribution in [1.29, 1.82) is 0 Å². The Morgan fingerprint density at radius 2 is 1.81 bits per heavy atom. The Balaban J connectivity index is 0.00000261. The van der Waals surface area contributed by atoms with E-state index in [2.05, 4.69) is 16.0 Å². The molecule has 2 aliphatic carbocycles. The first-order valence-electron chi connectivity index (χ1n) is 9.69. The van der Waals surface area contributed by atoms with Gasteiger partial charge >= 0.3 is 0 Å². The number of rotatable bonds is 8. The quantitative estimate of drug-likeness (QED) is 0.228. The molecule has 27 heavy (non-hydrogen) atoms. The maximum absolute atomic E-state index is 13.2. The summed E-state index contributed by atoms with van der Waals surface area (Å²) in [6, 6.07) is 6.84. The standard InChI is InChI=1S/C20H29FN4O.HI/c1-2-22-19(24-13-12-23-18(26)15-4-5-15)25-14-20(10-3-11-20)16-6-8-17(21)9-7-16;/h6-9,15H,2-5,10-14H2,1H3,(H,23,26)(H2,22,24,25);1H. The van der Waals surface area contributed by atoms with Crippen LogP contribution in [0.5, 0.6) is 0 Å². The Morgan fingerprint density at radius 1 is 1.15 bits per heavy atom. The van der Waals surface area contributed by atoms with Crippen molar-refractivity contribution in [3.05, 3.63) is 35.6 Å². The number of carbonyl (C=O) groups excluding carboxylic acids is 1. The molecule has 2 aliphatic rings. The molecule has 0 aromatic heterocycles. The summed E-state index contributed by atoms with van der Waals surface area (Å²) in [4.78, 5) is 16.4. The van der Waals surface area contributed by atoms with E-state index in [1.807, 2.05) is 19.1 Å². The lowest BCUT2D eigenvalue weighted by molar-refractivity contribution is -0.122. The van der Waals surface area contributed by atoms with Crippen molar-refractivity contribution < 1.29 is 9.18 Å². The third kappa shape index (κ3) is 6.05. The van der Waals surface area contributed by atoms with Crippen LogP contribution in [0, 0.1) is 11.7 Å². The van der Waals surface area contributed by atoms with Crippen molar-refractivity contribution in [1.82, 2.24) is 16.0 Å². The minimum atomic E-state index is -0.199. The smallest absolute Gasteiger partial charge is 0.223 e. The largest absolute Gasteiger partial charge is 0.357 e. The van der Waals surface area contributed by atoms with Crippen molar-refractivity contribution in [2.75, 3.05) is 26.2 Å². The Kier molecular flexibility index (Phi) is 8.31. The molecule has 0 unspecified atom stereocenters. The molecule has 150 valence electrons. The van der Waals surface area contributed by atoms with Crippen LogP contribution in [-0.2, 0) is 10.2 Å². The second kappa shape index (κ2) is 10.2. The SMILES string of the molecule is CCNC(=NCC1(c2ccc(F)cc2)CCC1)NCCNC(=O)C1CC1.I. The van der Waals surface area contributed by atoms with E-state index in [0.29, 0.717) is 19.6 Å². The number of benzene rings is 1. The van der Waals surface area contributed by atoms with Gasteiger partial charge in [0.2, 0.25) is 5.91 Å². The second-order valence-corrected chi connectivity index (χ2v) is 7.33. The lowest BCUT2D eigenvalue weighted by atomic mass is 9.64. The van der Waals surface area contributed by atoms with Gasteiger partial charge in [-0.25, -0.2) is 4.39 Å². The predicted octanol–water partition coefficient (Wildman–Crippen LogP) is 2.95. The maximum Gasteiger partial charge on any atom is 0.223 e. The van der Waals surface area contributed by atoms with E-state index in [1.165, 1.54) is 24.1 Å². The number of halogens is 2. The van der Waals surface area contributed by atoms with Gasteiger partial charge in [0.05, 0.1) is 6.54 Å². The molecule has 1 amide bonds. The van der Waals surface area contributed by atoms with Crippen LogP contribution in [0.3, 0.4) is 0 Å². The fourth-order valence-electron chi connectivity index (χ4n) is 3.37. The van der Waals surface area contributed by atoms with Gasteiger partial charge in [-0.2, -0.15) is 0 Å². The molecule has 2 fully saturated rings. The highest BCUT2D eigenvalue weighted by Gasteiger charge is 2.38. The Hall–Kier alpha value is -1.38. The molecule has 0 saturated heterocycles. The van der Waals surface area contributed by atoms with Gasteiger partial charge in [0.25, 0.3) is 0 Å². The number of carbonyl (C=O) groups is 1. The highest BCUT2D eigenvalue weighted by molar-refractivity contribution is 14.0. The van der Waals surface area contributed by atoms with Crippen molar-refractivity contribution >= 4 is 35.8 Å². The van der Waals surface area contributed by atoms with E-state index in [9.17, 15) is 9.18 Å². The normalized spacial score (nSPS) is 18.1. The highest BCUT2D eigenvalue weighted by Crippen LogP contribution is 2.44. The van der Waals surface area contributed by atoms with E-state index < -0.39 is 0 Å². The number of aliphatic imine (C=N–C) groups is 1. The van der Waals surface area contributed by atoms with Gasteiger partial charge in [0, 0.05) is 31.0 Å². The average molecular weight is 488 g/mol. The van der Waals surface area contributed by atoms with Gasteiger partial charge in [0.15, 0.2) is 5.96 Å². The number of amides is 1. The summed E-state index contributed by atoms with van der Waals surface area (Å²) in [7, 11) is 0. The molecule has 0 bridgehead atoms. The minimum absolute atomic E-state index is 0. The third-order valence-electron chi connectivity index (χ3n) is 5.32. The summed E-state index contributed by atoms with van der Waals surface area (Å²) < 4.78 is 13.2. The molecule has 2 saturated carbocycles. The number of nitrogens with one attached hydrogen (secondary N) is 3. The van der Waals surface area contributed by atoms with E-state index in [-0.39, 0.29) is 47.0 Å². The summed E-state index contributed by atoms with van der Waals surface area (Å²) in [5.74, 6) is 0.973. The zero-order valence-corrected chi connectivity index (χ0v) is 18.2. The highest BCUT2D eigenvalue weighted by atomic mass is 127. The van der Waals surface area contributed by atoms with E-state index in [0.717, 1.165) is 38.2 Å². The zero-order chi connectivity index (χ0) is 18.4. The first-order chi connectivity index (χ1) is 12.6. The summed E-state index contributed by atoms with van der Waals surface area (Å²) >= 11 is 0. The Bertz CT molecular complexity index is 642. The summed E-state index contributed by atoms with van der Waals surface area (Å²) in [5.41, 5.74) is 1.19. The fourth-order valence-corrected chi connectivity index (χ4v) is 3.37. The molecule has 3 rings (SSSR count). The molecule has 7 heteroatoms. The first kappa shape index (κ1) is 21.9. The van der Waals surface area contributed by atoms with Crippen LogP contribution in [0.2, 0.25) is 0 Å².